The first-order valence-electron chi connectivity index (χ1n) is 14.1. The Morgan fingerprint density at radius 2 is 0.864 bits per heavy atom. The van der Waals surface area contributed by atoms with Gasteiger partial charge in [-0.05, 0) is 12.0 Å². The summed E-state index contributed by atoms with van der Waals surface area (Å²) in [4.78, 5) is 37.0. The molecule has 9 nitrogen and oxygen atoms in total. The van der Waals surface area contributed by atoms with Gasteiger partial charge < -0.3 is 15.1 Å². The minimum absolute atomic E-state index is 0. The molecule has 8 bridgehead atoms. The monoisotopic (exact) mass is 622 g/mol. The molecule has 0 saturated carbocycles. The Labute approximate surface area is 262 Å². The second-order valence-corrected chi connectivity index (χ2v) is 10.6. The molecule has 0 aliphatic carbocycles. The molecule has 5 heterocycles. The number of aliphatic hydroxyl groups is 1. The quantitative estimate of drug-likeness (QED) is 0.190. The van der Waals surface area contributed by atoms with Crippen molar-refractivity contribution in [2.45, 2.75) is 6.42 Å². The second kappa shape index (κ2) is 10.2. The van der Waals surface area contributed by atoms with Crippen molar-refractivity contribution < 1.29 is 24.6 Å². The Bertz CT molecular complexity index is 2440. The number of aliphatic hydroxyl groups excluding tert-OH is 1. The first kappa shape index (κ1) is 26.5. The molecule has 0 atom stereocenters. The molecule has 206 valence electrons. The maximum absolute atomic E-state index is 9.86. The Morgan fingerprint density at radius 3 is 1.36 bits per heavy atom. The topological polar surface area (TPSA) is 129 Å². The van der Waals surface area contributed by atoms with Crippen LogP contribution in [0.1, 0.15) is 5.56 Å². The summed E-state index contributed by atoms with van der Waals surface area (Å²) in [6.07, 6.45) is 0.482. The average Bonchev–Trinajstić information content (AvgIpc) is 3.77. The molecule has 2 aliphatic heterocycles. The van der Waals surface area contributed by atoms with Crippen LogP contribution in [0.2, 0.25) is 0 Å². The van der Waals surface area contributed by atoms with Crippen molar-refractivity contribution >= 4 is 44.1 Å². The summed E-state index contributed by atoms with van der Waals surface area (Å²) in [5.41, 5.74) is 7.12. The maximum Gasteiger partial charge on any atom is 0.164 e. The van der Waals surface area contributed by atoms with Gasteiger partial charge in [-0.25, -0.2) is 29.9 Å². The molecule has 0 unspecified atom stereocenters. The third-order valence-electron chi connectivity index (χ3n) is 8.05. The number of benzene rings is 4. The van der Waals surface area contributed by atoms with E-state index in [4.69, 9.17) is 29.9 Å². The van der Waals surface area contributed by atoms with Gasteiger partial charge in [-0.2, -0.15) is 0 Å². The molecule has 44 heavy (non-hydrogen) atoms. The van der Waals surface area contributed by atoms with E-state index < -0.39 is 0 Å². The number of nitrogens with zero attached hydrogens (tertiary/aromatic N) is 6. The maximum atomic E-state index is 9.86. The number of rotatable bonds is 2. The van der Waals surface area contributed by atoms with Crippen molar-refractivity contribution in [1.82, 2.24) is 39.9 Å². The number of H-pyrrole nitrogens is 2. The normalized spacial score (nSPS) is 11.8. The smallest absolute Gasteiger partial charge is 0.164 e. The van der Waals surface area contributed by atoms with Crippen LogP contribution in [0.3, 0.4) is 0 Å². The van der Waals surface area contributed by atoms with Crippen LogP contribution >= 0.6 is 0 Å². The van der Waals surface area contributed by atoms with E-state index in [9.17, 15) is 5.11 Å². The van der Waals surface area contributed by atoms with Crippen LogP contribution in [0, 0.1) is 0 Å². The molecule has 7 aromatic rings. The third-order valence-corrected chi connectivity index (χ3v) is 8.05. The van der Waals surface area contributed by atoms with E-state index in [1.165, 1.54) is 0 Å². The fourth-order valence-electron chi connectivity index (χ4n) is 6.09. The number of aromatic nitrogens is 8. The molecule has 0 amide bonds. The van der Waals surface area contributed by atoms with Crippen molar-refractivity contribution in [1.29, 1.82) is 0 Å². The summed E-state index contributed by atoms with van der Waals surface area (Å²) in [6.45, 7) is 0.0165. The SMILES string of the molecule is OCCc1cccc2c3nc4nc(nc5[nH]c(nc6nc(nc([nH]3)c12)-c1ccccc1-6)c1ccccc51)-c1ccccc1-4.[Zn]. The second-order valence-electron chi connectivity index (χ2n) is 10.6. The van der Waals surface area contributed by atoms with E-state index >= 15 is 0 Å². The van der Waals surface area contributed by atoms with Gasteiger partial charge in [0.15, 0.2) is 23.3 Å². The molecule has 9 rings (SSSR count). The molecule has 0 saturated heterocycles. The van der Waals surface area contributed by atoms with Gasteiger partial charge in [-0.1, -0.05) is 91.0 Å². The van der Waals surface area contributed by atoms with Gasteiger partial charge in [-0.3, -0.25) is 0 Å². The van der Waals surface area contributed by atoms with E-state index in [0.29, 0.717) is 52.3 Å². The molecule has 2 aliphatic rings. The number of fused-ring (bicyclic) bond motifs is 20. The third kappa shape index (κ3) is 3.99. The molecule has 0 spiro atoms. The summed E-state index contributed by atoms with van der Waals surface area (Å²) in [6, 6.07) is 30.0. The molecular formula is C34H22N8OZn. The molecule has 0 fully saturated rings. The Kier molecular flexibility index (Phi) is 6.15. The first-order chi connectivity index (χ1) is 21.2. The number of hydrogen-bond donors (Lipinski definition) is 3. The van der Waals surface area contributed by atoms with E-state index in [1.54, 1.807) is 0 Å². The predicted molar refractivity (Wildman–Crippen MR) is 167 cm³/mol. The zero-order chi connectivity index (χ0) is 28.5. The minimum Gasteiger partial charge on any atom is -0.396 e. The van der Waals surface area contributed by atoms with Gasteiger partial charge in [0.25, 0.3) is 0 Å². The van der Waals surface area contributed by atoms with Crippen molar-refractivity contribution in [2.75, 3.05) is 6.61 Å². The van der Waals surface area contributed by atoms with E-state index in [1.807, 2.05) is 91.0 Å². The van der Waals surface area contributed by atoms with Crippen LogP contribution in [-0.2, 0) is 25.9 Å². The van der Waals surface area contributed by atoms with E-state index in [2.05, 4.69) is 9.97 Å². The van der Waals surface area contributed by atoms with Crippen LogP contribution in [0.5, 0.6) is 0 Å². The van der Waals surface area contributed by atoms with E-state index in [0.717, 1.165) is 49.4 Å². The van der Waals surface area contributed by atoms with Gasteiger partial charge in [-0.15, -0.1) is 0 Å². The molecule has 10 heteroatoms. The van der Waals surface area contributed by atoms with Crippen LogP contribution in [-0.4, -0.2) is 51.6 Å². The largest absolute Gasteiger partial charge is 0.396 e. The van der Waals surface area contributed by atoms with Gasteiger partial charge in [0, 0.05) is 69.9 Å². The predicted octanol–water partition coefficient (Wildman–Crippen LogP) is 6.40. The van der Waals surface area contributed by atoms with Crippen LogP contribution in [0.4, 0.5) is 0 Å². The van der Waals surface area contributed by atoms with Crippen molar-refractivity contribution in [3.63, 3.8) is 0 Å². The molecule has 3 N–H and O–H groups in total. The standard InChI is InChI=1S/C34H22N8O.Zn/c43-17-16-18-8-7-15-25-26(18)34-41-32-24-14-6-5-13-23(24)30(39-32)37-28-20-10-2-1-9-19(20)27(35-28)36-29-21-11-3-4-12-22(21)31(38-29)40-33(25)42-34;/h1-15,43H,16-17H2,(H2,35,36,37,38,39,40,41,42);. The number of aromatic amines is 2. The zero-order valence-corrected chi connectivity index (χ0v) is 26.4. The summed E-state index contributed by atoms with van der Waals surface area (Å²) in [5, 5.41) is 13.5. The number of nitrogens with one attached hydrogen (secondary N) is 2. The Morgan fingerprint density at radius 1 is 0.455 bits per heavy atom. The first-order valence-corrected chi connectivity index (χ1v) is 14.1. The molecule has 4 aromatic carbocycles. The Hall–Kier alpha value is -5.18. The summed E-state index contributed by atoms with van der Waals surface area (Å²) in [5.74, 6) is 2.25. The van der Waals surface area contributed by atoms with Crippen molar-refractivity contribution in [3.8, 4) is 45.6 Å². The van der Waals surface area contributed by atoms with Gasteiger partial charge in [0.1, 0.15) is 22.6 Å². The summed E-state index contributed by atoms with van der Waals surface area (Å²) in [7, 11) is 0. The zero-order valence-electron chi connectivity index (χ0n) is 23.4. The molecule has 0 radical (unpaired) electrons. The summed E-state index contributed by atoms with van der Waals surface area (Å²) >= 11 is 0. The average molecular weight is 624 g/mol. The van der Waals surface area contributed by atoms with E-state index in [-0.39, 0.29) is 26.1 Å². The van der Waals surface area contributed by atoms with Gasteiger partial charge in [0.05, 0.1) is 0 Å². The number of hydrogen-bond acceptors (Lipinski definition) is 7. The van der Waals surface area contributed by atoms with Crippen molar-refractivity contribution in [2.24, 2.45) is 0 Å². The molecule has 3 aromatic heterocycles. The van der Waals surface area contributed by atoms with Gasteiger partial charge >= 0.3 is 0 Å². The van der Waals surface area contributed by atoms with Crippen LogP contribution in [0.25, 0.3) is 89.7 Å². The molecular weight excluding hydrogens is 602 g/mol. The fourth-order valence-corrected chi connectivity index (χ4v) is 6.09. The minimum atomic E-state index is 0. The van der Waals surface area contributed by atoms with Crippen molar-refractivity contribution in [3.05, 3.63) is 96.6 Å². The van der Waals surface area contributed by atoms with Crippen LogP contribution in [0.15, 0.2) is 91.0 Å². The van der Waals surface area contributed by atoms with Gasteiger partial charge in [0.2, 0.25) is 0 Å². The Balaban J connectivity index is 0.00000289. The fraction of sp³-hybridized carbons (Fsp3) is 0.0588. The van der Waals surface area contributed by atoms with Crippen LogP contribution < -0.4 is 0 Å². The summed E-state index contributed by atoms with van der Waals surface area (Å²) < 4.78 is 0.